The van der Waals surface area contributed by atoms with E-state index in [1.807, 2.05) is 0 Å². The zero-order valence-corrected chi connectivity index (χ0v) is 8.39. The predicted molar refractivity (Wildman–Crippen MR) is 53.1 cm³/mol. The van der Waals surface area contributed by atoms with Gasteiger partial charge in [0.1, 0.15) is 0 Å². The smallest absolute Gasteiger partial charge is 0.0381 e. The van der Waals surface area contributed by atoms with Crippen molar-refractivity contribution >= 4 is 0 Å². The second-order valence-electron chi connectivity index (χ2n) is 4.93. The Hall–Kier alpha value is 0. The molecule has 12 heavy (non-hydrogen) atoms. The van der Waals surface area contributed by atoms with Gasteiger partial charge in [0.25, 0.3) is 0 Å². The van der Waals surface area contributed by atoms with Crippen LogP contribution in [-0.4, -0.2) is 0 Å². The van der Waals surface area contributed by atoms with Gasteiger partial charge >= 0.3 is 0 Å². The lowest BCUT2D eigenvalue weighted by Crippen LogP contribution is -2.28. The van der Waals surface area contributed by atoms with Crippen molar-refractivity contribution in [1.29, 1.82) is 0 Å². The molecule has 0 aliphatic heterocycles. The molecule has 2 aliphatic rings. The third-order valence-corrected chi connectivity index (χ3v) is 4.04. The van der Waals surface area contributed by atoms with E-state index < -0.39 is 0 Å². The van der Waals surface area contributed by atoms with E-state index in [0.717, 1.165) is 17.8 Å². The van der Waals surface area contributed by atoms with Gasteiger partial charge in [0.05, 0.1) is 0 Å². The quantitative estimate of drug-likeness (QED) is 0.594. The minimum atomic E-state index is 1.13. The molecular formula is C12H22. The molecule has 0 saturated heterocycles. The summed E-state index contributed by atoms with van der Waals surface area (Å²) in [5.41, 5.74) is 0. The third kappa shape index (κ3) is 1.67. The Morgan fingerprint density at radius 2 is 1.67 bits per heavy atom. The third-order valence-electron chi connectivity index (χ3n) is 4.04. The number of rotatable bonds is 3. The fraction of sp³-hybridized carbons (Fsp3) is 1.00. The fourth-order valence-electron chi connectivity index (χ4n) is 3.24. The highest BCUT2D eigenvalue weighted by atomic mass is 14.4. The van der Waals surface area contributed by atoms with E-state index in [0.29, 0.717) is 0 Å². The lowest BCUT2D eigenvalue weighted by atomic mass is 9.67. The van der Waals surface area contributed by atoms with E-state index in [9.17, 15) is 0 Å². The van der Waals surface area contributed by atoms with Crippen LogP contribution in [0.2, 0.25) is 0 Å². The molecule has 0 radical (unpaired) electrons. The Kier molecular flexibility index (Phi) is 2.73. The molecule has 0 spiro atoms. The summed E-state index contributed by atoms with van der Waals surface area (Å²) < 4.78 is 0. The van der Waals surface area contributed by atoms with Crippen LogP contribution in [0.3, 0.4) is 0 Å². The maximum atomic E-state index is 2.32. The molecule has 0 heterocycles. The summed E-state index contributed by atoms with van der Waals surface area (Å²) in [7, 11) is 0. The monoisotopic (exact) mass is 166 g/mol. The first-order chi connectivity index (χ1) is 5.90. The van der Waals surface area contributed by atoms with Crippen LogP contribution in [0.4, 0.5) is 0 Å². The van der Waals surface area contributed by atoms with Gasteiger partial charge in [-0.2, -0.15) is 0 Å². The van der Waals surface area contributed by atoms with Crippen molar-refractivity contribution in [3.8, 4) is 0 Å². The second-order valence-corrected chi connectivity index (χ2v) is 4.93. The van der Waals surface area contributed by atoms with Gasteiger partial charge in [-0.05, 0) is 30.6 Å². The molecule has 0 aromatic carbocycles. The van der Waals surface area contributed by atoms with Gasteiger partial charge in [-0.25, -0.2) is 0 Å². The summed E-state index contributed by atoms with van der Waals surface area (Å²) in [5, 5.41) is 0. The Bertz CT molecular complexity index is 127. The zero-order valence-electron chi connectivity index (χ0n) is 8.39. The van der Waals surface area contributed by atoms with Crippen LogP contribution in [-0.2, 0) is 0 Å². The van der Waals surface area contributed by atoms with Crippen molar-refractivity contribution in [3.05, 3.63) is 0 Å². The highest BCUT2D eigenvalue weighted by molar-refractivity contribution is 4.86. The molecule has 0 nitrogen and oxygen atoms in total. The number of hydrogen-bond donors (Lipinski definition) is 0. The Morgan fingerprint density at radius 3 is 2.25 bits per heavy atom. The van der Waals surface area contributed by atoms with Crippen molar-refractivity contribution in [1.82, 2.24) is 0 Å². The van der Waals surface area contributed by atoms with Gasteiger partial charge in [-0.1, -0.05) is 45.4 Å². The lowest BCUT2D eigenvalue weighted by molar-refractivity contribution is 0.118. The maximum absolute atomic E-state index is 2.32. The van der Waals surface area contributed by atoms with Crippen molar-refractivity contribution in [2.45, 2.75) is 58.3 Å². The number of hydrogen-bond acceptors (Lipinski definition) is 0. The molecular weight excluding hydrogens is 144 g/mol. The van der Waals surface area contributed by atoms with Crippen LogP contribution >= 0.6 is 0 Å². The van der Waals surface area contributed by atoms with Gasteiger partial charge < -0.3 is 0 Å². The van der Waals surface area contributed by atoms with E-state index in [4.69, 9.17) is 0 Å². The summed E-state index contributed by atoms with van der Waals surface area (Å²) in [6, 6.07) is 0. The molecule has 2 saturated carbocycles. The van der Waals surface area contributed by atoms with E-state index >= 15 is 0 Å². The molecule has 0 amide bonds. The Labute approximate surface area is 76.7 Å². The topological polar surface area (TPSA) is 0 Å². The van der Waals surface area contributed by atoms with Gasteiger partial charge in [-0.3, -0.25) is 0 Å². The van der Waals surface area contributed by atoms with Crippen LogP contribution < -0.4 is 0 Å². The molecule has 0 heteroatoms. The van der Waals surface area contributed by atoms with Gasteiger partial charge in [-0.15, -0.1) is 0 Å². The fourth-order valence-corrected chi connectivity index (χ4v) is 3.24. The van der Waals surface area contributed by atoms with Crippen LogP contribution in [0, 0.1) is 17.8 Å². The van der Waals surface area contributed by atoms with Gasteiger partial charge in [0, 0.05) is 0 Å². The zero-order chi connectivity index (χ0) is 8.39. The molecule has 2 rings (SSSR count). The SMILES string of the molecule is CCCC1CC(C2CCCC2)C1. The maximum Gasteiger partial charge on any atom is -0.0381 e. The molecule has 70 valence electrons. The Balaban J connectivity index is 1.66. The summed E-state index contributed by atoms with van der Waals surface area (Å²) in [4.78, 5) is 0. The lowest BCUT2D eigenvalue weighted by Gasteiger charge is -2.39. The molecule has 0 aromatic rings. The average Bonchev–Trinajstić information content (AvgIpc) is 2.47. The summed E-state index contributed by atoms with van der Waals surface area (Å²) in [6.45, 7) is 2.32. The predicted octanol–water partition coefficient (Wildman–Crippen LogP) is 4.00. The minimum absolute atomic E-state index is 1.13. The van der Waals surface area contributed by atoms with Crippen molar-refractivity contribution < 1.29 is 0 Å². The molecule has 0 bridgehead atoms. The summed E-state index contributed by atoms with van der Waals surface area (Å²) in [5.74, 6) is 3.43. The molecule has 0 N–H and O–H groups in total. The minimum Gasteiger partial charge on any atom is -0.0654 e. The second kappa shape index (κ2) is 3.81. The standard InChI is InChI=1S/C12H22/c1-2-5-10-8-12(9-10)11-6-3-4-7-11/h10-12H,2-9H2,1H3. The summed E-state index contributed by atoms with van der Waals surface area (Å²) in [6.07, 6.45) is 12.2. The summed E-state index contributed by atoms with van der Waals surface area (Å²) >= 11 is 0. The van der Waals surface area contributed by atoms with Gasteiger partial charge in [0.15, 0.2) is 0 Å². The normalized spacial score (nSPS) is 36.8. The molecule has 0 unspecified atom stereocenters. The first-order valence-electron chi connectivity index (χ1n) is 5.90. The molecule has 2 fully saturated rings. The van der Waals surface area contributed by atoms with Crippen LogP contribution in [0.1, 0.15) is 58.3 Å². The van der Waals surface area contributed by atoms with Crippen LogP contribution in [0.5, 0.6) is 0 Å². The highest BCUT2D eigenvalue weighted by Crippen LogP contribution is 2.46. The molecule has 0 aromatic heterocycles. The van der Waals surface area contributed by atoms with Crippen molar-refractivity contribution in [2.24, 2.45) is 17.8 Å². The first kappa shape index (κ1) is 8.59. The molecule has 2 aliphatic carbocycles. The Morgan fingerprint density at radius 1 is 1.00 bits per heavy atom. The van der Waals surface area contributed by atoms with E-state index in [2.05, 4.69) is 6.92 Å². The molecule has 0 atom stereocenters. The van der Waals surface area contributed by atoms with Crippen LogP contribution in [0.25, 0.3) is 0 Å². The average molecular weight is 166 g/mol. The van der Waals surface area contributed by atoms with E-state index in [-0.39, 0.29) is 0 Å². The first-order valence-corrected chi connectivity index (χ1v) is 5.90. The van der Waals surface area contributed by atoms with Crippen LogP contribution in [0.15, 0.2) is 0 Å². The highest BCUT2D eigenvalue weighted by Gasteiger charge is 2.35. The largest absolute Gasteiger partial charge is 0.0654 e. The van der Waals surface area contributed by atoms with Crippen molar-refractivity contribution in [2.75, 3.05) is 0 Å². The van der Waals surface area contributed by atoms with Crippen molar-refractivity contribution in [3.63, 3.8) is 0 Å². The van der Waals surface area contributed by atoms with E-state index in [1.165, 1.54) is 25.7 Å². The van der Waals surface area contributed by atoms with Gasteiger partial charge in [0.2, 0.25) is 0 Å². The van der Waals surface area contributed by atoms with E-state index in [1.54, 1.807) is 25.7 Å².